The van der Waals surface area contributed by atoms with Gasteiger partial charge in [0.2, 0.25) is 5.91 Å². The van der Waals surface area contributed by atoms with Gasteiger partial charge in [-0.05, 0) is 145 Å². The second-order valence-corrected chi connectivity index (χ2v) is 22.8. The smallest absolute Gasteiger partial charge is 0.270 e. The number of ketones is 2. The molecule has 2 amide bonds. The predicted molar refractivity (Wildman–Crippen MR) is 261 cm³/mol. The molecular formula is C52H54N8O8S2. The van der Waals surface area contributed by atoms with Crippen molar-refractivity contribution in [2.75, 3.05) is 16.8 Å². The molecule has 70 heavy (non-hydrogen) atoms. The highest BCUT2D eigenvalue weighted by molar-refractivity contribution is 7.91. The van der Waals surface area contributed by atoms with Crippen molar-refractivity contribution >= 4 is 48.9 Å². The van der Waals surface area contributed by atoms with Crippen molar-refractivity contribution in [1.29, 1.82) is 0 Å². The van der Waals surface area contributed by atoms with Crippen LogP contribution in [0.4, 0.5) is 5.82 Å². The van der Waals surface area contributed by atoms with Gasteiger partial charge in [-0.1, -0.05) is 31.2 Å². The Balaban J connectivity index is 0.839. The van der Waals surface area contributed by atoms with Gasteiger partial charge in [-0.25, -0.2) is 46.7 Å². The Labute approximate surface area is 407 Å². The molecule has 8 rings (SSSR count). The maximum absolute atomic E-state index is 14.1. The third-order valence-electron chi connectivity index (χ3n) is 13.3. The summed E-state index contributed by atoms with van der Waals surface area (Å²) >= 11 is 0. The summed E-state index contributed by atoms with van der Waals surface area (Å²) in [5.41, 5.74) is 4.28. The molecule has 362 valence electrons. The van der Waals surface area contributed by atoms with Crippen molar-refractivity contribution in [2.45, 2.75) is 114 Å². The van der Waals surface area contributed by atoms with E-state index in [1.807, 2.05) is 26.8 Å². The molecule has 2 atom stereocenters. The molecule has 0 spiro atoms. The molecule has 4 heterocycles. The number of rotatable bonds is 15. The molecule has 18 heteroatoms. The maximum Gasteiger partial charge on any atom is 0.270 e. The average molecular weight is 983 g/mol. The minimum Gasteiger partial charge on any atom is -0.347 e. The summed E-state index contributed by atoms with van der Waals surface area (Å²) in [4.78, 5) is 81.6. The van der Waals surface area contributed by atoms with Crippen molar-refractivity contribution in [3.63, 3.8) is 0 Å². The van der Waals surface area contributed by atoms with Gasteiger partial charge in [0.25, 0.3) is 5.91 Å². The maximum atomic E-state index is 14.1. The second-order valence-electron chi connectivity index (χ2n) is 18.5. The Kier molecular flexibility index (Phi) is 13.8. The number of pyridine rings is 2. The number of benzene rings is 2. The fourth-order valence-electron chi connectivity index (χ4n) is 9.08. The van der Waals surface area contributed by atoms with Crippen molar-refractivity contribution in [1.82, 2.24) is 35.2 Å². The van der Waals surface area contributed by atoms with Crippen molar-refractivity contribution < 1.29 is 36.0 Å². The number of sulfone groups is 2. The molecule has 2 unspecified atom stereocenters. The number of anilines is 1. The Hall–Kier alpha value is -6.92. The number of Topliss-reactive ketones (excluding diaryl/α,β-unsaturated/α-hetero) is 2. The zero-order valence-electron chi connectivity index (χ0n) is 39.9. The Morgan fingerprint density at radius 2 is 1.20 bits per heavy atom. The van der Waals surface area contributed by atoms with Gasteiger partial charge in [-0.3, -0.25) is 19.2 Å². The Bertz CT molecular complexity index is 3290. The van der Waals surface area contributed by atoms with E-state index in [4.69, 9.17) is 0 Å². The normalized spacial score (nSPS) is 17.9. The standard InChI is InChI=1S/C52H54N8O8S2/c1-7-69(65,66)37-16-12-35(13-17-37)30-53-50(64)43-20-18-39-41(58-43)22-24-52(6,48(39)62)45-29-36(55-33(4)57-45)9-8-26-70(67,68)38-14-10-34(11-15-38)28-47(61)60-46-21-19-40-42(59-46)23-25-51(5,49(40)63)44-27-31(2)54-32(3)56-44/h10-21,27,29H,7-9,22-26,28,30H2,1-6H3,(H,53,64)(H,59,60,61). The molecule has 4 aromatic heterocycles. The molecular weight excluding hydrogens is 929 g/mol. The molecule has 2 aliphatic rings. The largest absolute Gasteiger partial charge is 0.347 e. The molecule has 16 nitrogen and oxygen atoms in total. The minimum atomic E-state index is -3.70. The monoisotopic (exact) mass is 982 g/mol. The van der Waals surface area contributed by atoms with E-state index in [9.17, 15) is 36.0 Å². The number of hydrogen-bond acceptors (Lipinski definition) is 14. The number of aromatic nitrogens is 6. The highest BCUT2D eigenvalue weighted by Crippen LogP contribution is 2.39. The summed E-state index contributed by atoms with van der Waals surface area (Å²) < 4.78 is 51.2. The van der Waals surface area contributed by atoms with E-state index in [0.29, 0.717) is 94.7 Å². The number of amides is 2. The Morgan fingerprint density at radius 3 is 1.81 bits per heavy atom. The number of nitrogens with one attached hydrogen (secondary N) is 2. The van der Waals surface area contributed by atoms with Crippen LogP contribution >= 0.6 is 0 Å². The summed E-state index contributed by atoms with van der Waals surface area (Å²) in [6.45, 7) is 10.9. The molecule has 0 radical (unpaired) electrons. The summed E-state index contributed by atoms with van der Waals surface area (Å²) in [6.07, 6.45) is 2.39. The van der Waals surface area contributed by atoms with E-state index in [1.165, 1.54) is 30.3 Å². The van der Waals surface area contributed by atoms with Gasteiger partial charge in [-0.2, -0.15) is 0 Å². The molecule has 0 saturated heterocycles. The van der Waals surface area contributed by atoms with Gasteiger partial charge in [0, 0.05) is 29.1 Å². The molecule has 0 fully saturated rings. The molecule has 0 aliphatic heterocycles. The van der Waals surface area contributed by atoms with Crippen LogP contribution in [0, 0.1) is 20.8 Å². The van der Waals surface area contributed by atoms with Crippen LogP contribution in [-0.4, -0.2) is 81.6 Å². The van der Waals surface area contributed by atoms with Gasteiger partial charge in [0.15, 0.2) is 31.2 Å². The summed E-state index contributed by atoms with van der Waals surface area (Å²) in [6, 6.07) is 22.6. The van der Waals surface area contributed by atoms with Crippen LogP contribution in [0.5, 0.6) is 0 Å². The van der Waals surface area contributed by atoms with E-state index in [0.717, 1.165) is 11.3 Å². The van der Waals surface area contributed by atoms with E-state index >= 15 is 0 Å². The average Bonchev–Trinajstić information content (AvgIpc) is 3.33. The third-order valence-corrected chi connectivity index (χ3v) is 16.8. The number of fused-ring (bicyclic) bond motifs is 2. The highest BCUT2D eigenvalue weighted by atomic mass is 32.2. The first-order chi connectivity index (χ1) is 33.2. The lowest BCUT2D eigenvalue weighted by molar-refractivity contribution is -0.115. The third kappa shape index (κ3) is 10.3. The number of carbonyl (C=O) groups is 4. The van der Waals surface area contributed by atoms with Crippen molar-refractivity contribution in [3.05, 3.63) is 159 Å². The topological polar surface area (TPSA) is 238 Å². The van der Waals surface area contributed by atoms with Crippen molar-refractivity contribution in [3.8, 4) is 0 Å². The van der Waals surface area contributed by atoms with Crippen LogP contribution in [0.25, 0.3) is 0 Å². The predicted octanol–water partition coefficient (Wildman–Crippen LogP) is 6.47. The fraction of sp³-hybridized carbons (Fsp3) is 0.346. The van der Waals surface area contributed by atoms with Crippen LogP contribution in [0.2, 0.25) is 0 Å². The lowest BCUT2D eigenvalue weighted by Crippen LogP contribution is -2.39. The lowest BCUT2D eigenvalue weighted by atomic mass is 9.70. The summed E-state index contributed by atoms with van der Waals surface area (Å²) in [5.74, 6) is 0.181. The van der Waals surface area contributed by atoms with Crippen molar-refractivity contribution in [2.24, 2.45) is 0 Å². The number of nitrogens with zero attached hydrogens (tertiary/aromatic N) is 6. The highest BCUT2D eigenvalue weighted by Gasteiger charge is 2.43. The van der Waals surface area contributed by atoms with E-state index in [-0.39, 0.29) is 63.9 Å². The van der Waals surface area contributed by atoms with E-state index in [2.05, 4.69) is 40.5 Å². The summed E-state index contributed by atoms with van der Waals surface area (Å²) in [5, 5.41) is 5.62. The van der Waals surface area contributed by atoms with Crippen LogP contribution in [0.1, 0.15) is 128 Å². The van der Waals surface area contributed by atoms with Gasteiger partial charge in [-0.15, -0.1) is 0 Å². The molecule has 2 aliphatic carbocycles. The summed E-state index contributed by atoms with van der Waals surface area (Å²) in [7, 11) is -7.03. The fourth-order valence-corrected chi connectivity index (χ4v) is 11.3. The molecule has 0 saturated carbocycles. The Morgan fingerprint density at radius 1 is 0.643 bits per heavy atom. The zero-order valence-corrected chi connectivity index (χ0v) is 41.6. The molecule has 2 aromatic carbocycles. The number of carbonyl (C=O) groups excluding carboxylic acids is 4. The first-order valence-electron chi connectivity index (χ1n) is 23.2. The van der Waals surface area contributed by atoms with Crippen LogP contribution in [0.3, 0.4) is 0 Å². The quantitative estimate of drug-likeness (QED) is 0.112. The van der Waals surface area contributed by atoms with E-state index < -0.39 is 36.4 Å². The molecule has 6 aromatic rings. The number of aryl methyl sites for hydroxylation is 6. The SMILES string of the molecule is CCS(=O)(=O)c1ccc(CNC(=O)c2ccc3c(n2)CCC(C)(c2cc(CCCS(=O)(=O)c4ccc(CC(=O)Nc5ccc6c(n5)CCC(C)(c5cc(C)nc(C)n5)C6=O)cc4)nc(C)n2)C3=O)cc1. The number of hydrogen-bond donors (Lipinski definition) is 2. The van der Waals surface area contributed by atoms with Gasteiger partial charge in [0.1, 0.15) is 23.2 Å². The van der Waals surface area contributed by atoms with Gasteiger partial charge in [0.05, 0.1) is 61.3 Å². The van der Waals surface area contributed by atoms with Crippen LogP contribution in [-0.2, 0) is 67.5 Å². The lowest BCUT2D eigenvalue weighted by Gasteiger charge is -2.32. The van der Waals surface area contributed by atoms with Gasteiger partial charge < -0.3 is 10.6 Å². The van der Waals surface area contributed by atoms with Crippen LogP contribution in [0.15, 0.2) is 94.7 Å². The first-order valence-corrected chi connectivity index (χ1v) is 26.5. The molecule has 2 N–H and O–H groups in total. The van der Waals surface area contributed by atoms with E-state index in [1.54, 1.807) is 69.3 Å². The second kappa shape index (κ2) is 19.5. The molecule has 0 bridgehead atoms. The minimum absolute atomic E-state index is 0.00659. The van der Waals surface area contributed by atoms with Crippen LogP contribution < -0.4 is 10.6 Å². The first kappa shape index (κ1) is 49.5. The zero-order chi connectivity index (χ0) is 50.2. The van der Waals surface area contributed by atoms with Gasteiger partial charge >= 0.3 is 0 Å².